The lowest BCUT2D eigenvalue weighted by Crippen LogP contribution is -2.36. The third-order valence-electron chi connectivity index (χ3n) is 4.31. The number of hydrogen-bond acceptors (Lipinski definition) is 4. The Kier molecular flexibility index (Phi) is 11.8. The monoisotopic (exact) mass is 526 g/mol. The van der Waals surface area contributed by atoms with Gasteiger partial charge >= 0.3 is 0 Å². The number of methoxy groups -OCH3 is 1. The number of nitrogens with zero attached hydrogens (tertiary/aromatic N) is 1. The molecular formula is C22H31IN4O3. The second-order valence-corrected chi connectivity index (χ2v) is 6.51. The average molecular weight is 526 g/mol. The number of aliphatic imine (C=N–C) groups is 1. The first-order valence-corrected chi connectivity index (χ1v) is 9.54. The van der Waals surface area contributed by atoms with Gasteiger partial charge in [-0.3, -0.25) is 9.79 Å². The van der Waals surface area contributed by atoms with E-state index in [9.17, 15) is 4.79 Å². The predicted molar refractivity (Wildman–Crippen MR) is 131 cm³/mol. The van der Waals surface area contributed by atoms with Gasteiger partial charge in [0.15, 0.2) is 5.96 Å². The van der Waals surface area contributed by atoms with Crippen LogP contribution in [0.25, 0.3) is 0 Å². The fourth-order valence-electron chi connectivity index (χ4n) is 2.73. The van der Waals surface area contributed by atoms with Gasteiger partial charge in [-0.05, 0) is 36.2 Å². The van der Waals surface area contributed by atoms with E-state index in [4.69, 9.17) is 9.47 Å². The maximum atomic E-state index is 11.8. The van der Waals surface area contributed by atoms with E-state index in [2.05, 4.69) is 27.0 Å². The molecule has 8 heteroatoms. The second kappa shape index (κ2) is 13.8. The molecule has 1 amide bonds. The molecule has 7 nitrogen and oxygen atoms in total. The number of halogens is 1. The third-order valence-corrected chi connectivity index (χ3v) is 4.31. The molecule has 2 aromatic rings. The van der Waals surface area contributed by atoms with Crippen molar-refractivity contribution in [2.45, 2.75) is 20.0 Å². The number of ether oxygens (including phenoxy) is 2. The van der Waals surface area contributed by atoms with Gasteiger partial charge in [-0.1, -0.05) is 24.3 Å². The highest BCUT2D eigenvalue weighted by Gasteiger charge is 2.07. The molecule has 3 N–H and O–H groups in total. The summed E-state index contributed by atoms with van der Waals surface area (Å²) in [7, 11) is 5.00. The number of aryl methyl sites for hydroxylation is 1. The maximum absolute atomic E-state index is 11.8. The van der Waals surface area contributed by atoms with Crippen molar-refractivity contribution in [3.63, 3.8) is 0 Å². The van der Waals surface area contributed by atoms with Crippen LogP contribution in [0.4, 0.5) is 0 Å². The topological polar surface area (TPSA) is 84.0 Å². The number of amides is 1. The van der Waals surface area contributed by atoms with Gasteiger partial charge in [-0.2, -0.15) is 0 Å². The summed E-state index contributed by atoms with van der Waals surface area (Å²) in [6, 6.07) is 13.6. The summed E-state index contributed by atoms with van der Waals surface area (Å²) in [4.78, 5) is 16.1. The van der Waals surface area contributed by atoms with Crippen molar-refractivity contribution in [3.8, 4) is 5.75 Å². The van der Waals surface area contributed by atoms with Crippen molar-refractivity contribution in [2.24, 2.45) is 4.99 Å². The van der Waals surface area contributed by atoms with E-state index in [-0.39, 0.29) is 29.9 Å². The summed E-state index contributed by atoms with van der Waals surface area (Å²) in [6.07, 6.45) is 0. The summed E-state index contributed by atoms with van der Waals surface area (Å²) in [5.41, 5.74) is 3.80. The average Bonchev–Trinajstić information content (AvgIpc) is 2.74. The lowest BCUT2D eigenvalue weighted by Gasteiger charge is -2.15. The van der Waals surface area contributed by atoms with Gasteiger partial charge in [0.1, 0.15) is 12.4 Å². The van der Waals surface area contributed by atoms with Crippen LogP contribution >= 0.6 is 24.0 Å². The summed E-state index contributed by atoms with van der Waals surface area (Å²) in [5, 5.41) is 9.21. The van der Waals surface area contributed by atoms with Gasteiger partial charge in [0.25, 0.3) is 5.91 Å². The van der Waals surface area contributed by atoms with Gasteiger partial charge < -0.3 is 25.4 Å². The molecule has 0 bridgehead atoms. The number of nitrogens with one attached hydrogen (secondary N) is 3. The third kappa shape index (κ3) is 8.19. The summed E-state index contributed by atoms with van der Waals surface area (Å²) in [6.45, 7) is 4.20. The van der Waals surface area contributed by atoms with Crippen molar-refractivity contribution in [1.82, 2.24) is 16.0 Å². The Morgan fingerprint density at radius 2 is 1.83 bits per heavy atom. The molecule has 0 aliphatic heterocycles. The first-order chi connectivity index (χ1) is 14.1. The minimum Gasteiger partial charge on any atom is -0.491 e. The van der Waals surface area contributed by atoms with Crippen molar-refractivity contribution in [1.29, 1.82) is 0 Å². The van der Waals surface area contributed by atoms with Crippen molar-refractivity contribution in [2.75, 3.05) is 34.4 Å². The molecule has 30 heavy (non-hydrogen) atoms. The zero-order valence-electron chi connectivity index (χ0n) is 18.0. The van der Waals surface area contributed by atoms with E-state index in [0.717, 1.165) is 22.4 Å². The molecule has 0 saturated heterocycles. The van der Waals surface area contributed by atoms with Gasteiger partial charge in [-0.15, -0.1) is 24.0 Å². The zero-order valence-corrected chi connectivity index (χ0v) is 20.3. The first kappa shape index (κ1) is 25.7. The SMILES string of the molecule is CN=C(NCc1cccc(C(=O)NC)c1)NCc1ccc(C)cc1OCCOC.I. The summed E-state index contributed by atoms with van der Waals surface area (Å²) >= 11 is 0. The molecule has 0 heterocycles. The van der Waals surface area contributed by atoms with Crippen LogP contribution in [-0.2, 0) is 17.8 Å². The highest BCUT2D eigenvalue weighted by atomic mass is 127. The van der Waals surface area contributed by atoms with Gasteiger partial charge in [0.2, 0.25) is 0 Å². The minimum absolute atomic E-state index is 0. The van der Waals surface area contributed by atoms with Crippen molar-refractivity contribution < 1.29 is 14.3 Å². The van der Waals surface area contributed by atoms with Crippen LogP contribution in [-0.4, -0.2) is 46.3 Å². The Labute approximate surface area is 195 Å². The van der Waals surface area contributed by atoms with E-state index < -0.39 is 0 Å². The second-order valence-electron chi connectivity index (χ2n) is 6.51. The molecule has 0 aliphatic rings. The summed E-state index contributed by atoms with van der Waals surface area (Å²) in [5.74, 6) is 1.40. The molecular weight excluding hydrogens is 495 g/mol. The van der Waals surface area contributed by atoms with Gasteiger partial charge in [0.05, 0.1) is 6.61 Å². The van der Waals surface area contributed by atoms with Crippen LogP contribution in [0.15, 0.2) is 47.5 Å². The molecule has 2 rings (SSSR count). The standard InChI is InChI=1S/C22H30N4O3.HI/c1-16-8-9-19(20(12-16)29-11-10-28-4)15-26-22(24-3)25-14-17-6-5-7-18(13-17)21(27)23-2;/h5-9,12-13H,10-11,14-15H2,1-4H3,(H,23,27)(H2,24,25,26);1H. The van der Waals surface area contributed by atoms with Crippen LogP contribution in [0.5, 0.6) is 5.75 Å². The smallest absolute Gasteiger partial charge is 0.251 e. The number of carbonyl (C=O) groups excluding carboxylic acids is 1. The Bertz CT molecular complexity index is 843. The quantitative estimate of drug-likeness (QED) is 0.203. The van der Waals surface area contributed by atoms with Crippen LogP contribution in [0, 0.1) is 6.92 Å². The largest absolute Gasteiger partial charge is 0.491 e. The molecule has 0 aliphatic carbocycles. The van der Waals surface area contributed by atoms with Crippen molar-refractivity contribution in [3.05, 3.63) is 64.7 Å². The van der Waals surface area contributed by atoms with Gasteiger partial charge in [-0.25, -0.2) is 0 Å². The Morgan fingerprint density at radius 3 is 2.53 bits per heavy atom. The maximum Gasteiger partial charge on any atom is 0.251 e. The van der Waals surface area contributed by atoms with Crippen LogP contribution in [0.2, 0.25) is 0 Å². The summed E-state index contributed by atoms with van der Waals surface area (Å²) < 4.78 is 10.9. The molecule has 0 saturated carbocycles. The van der Waals surface area contributed by atoms with E-state index >= 15 is 0 Å². The molecule has 0 aromatic heterocycles. The van der Waals surface area contributed by atoms with E-state index in [1.54, 1.807) is 27.3 Å². The molecule has 0 unspecified atom stereocenters. The Morgan fingerprint density at radius 1 is 1.07 bits per heavy atom. The fourth-order valence-corrected chi connectivity index (χ4v) is 2.73. The number of rotatable bonds is 9. The van der Waals surface area contributed by atoms with Crippen LogP contribution in [0.3, 0.4) is 0 Å². The molecule has 0 atom stereocenters. The number of guanidine groups is 1. The molecule has 2 aromatic carbocycles. The number of hydrogen-bond donors (Lipinski definition) is 3. The fraction of sp³-hybridized carbons (Fsp3) is 0.364. The molecule has 164 valence electrons. The van der Waals surface area contributed by atoms with E-state index in [0.29, 0.717) is 37.8 Å². The van der Waals surface area contributed by atoms with Crippen LogP contribution in [0.1, 0.15) is 27.0 Å². The van der Waals surface area contributed by atoms with Gasteiger partial charge in [0, 0.05) is 45.4 Å². The lowest BCUT2D eigenvalue weighted by molar-refractivity contribution is 0.0963. The lowest BCUT2D eigenvalue weighted by atomic mass is 10.1. The number of benzene rings is 2. The zero-order chi connectivity index (χ0) is 21.1. The Balaban J connectivity index is 0.00000450. The Hall–Kier alpha value is -2.33. The first-order valence-electron chi connectivity index (χ1n) is 9.54. The van der Waals surface area contributed by atoms with E-state index in [1.807, 2.05) is 37.3 Å². The molecule has 0 spiro atoms. The molecule has 0 fully saturated rings. The highest BCUT2D eigenvalue weighted by Crippen LogP contribution is 2.20. The normalized spacial score (nSPS) is 10.7. The van der Waals surface area contributed by atoms with Crippen molar-refractivity contribution >= 4 is 35.8 Å². The van der Waals surface area contributed by atoms with E-state index in [1.165, 1.54) is 0 Å². The number of carbonyl (C=O) groups is 1. The van der Waals surface area contributed by atoms with Crippen LogP contribution < -0.4 is 20.7 Å². The molecule has 0 radical (unpaired) electrons. The predicted octanol–water partition coefficient (Wildman–Crippen LogP) is 2.86. The highest BCUT2D eigenvalue weighted by molar-refractivity contribution is 14.0. The minimum atomic E-state index is -0.102.